The zero-order valence-corrected chi connectivity index (χ0v) is 8.68. The molecule has 3 fully saturated rings. The number of hydrogen-bond donors (Lipinski definition) is 1. The molecule has 3 saturated heterocycles. The van der Waals surface area contributed by atoms with E-state index in [-0.39, 0.29) is 0 Å². The van der Waals surface area contributed by atoms with Gasteiger partial charge in [0.2, 0.25) is 0 Å². The Morgan fingerprint density at radius 2 is 1.85 bits per heavy atom. The average Bonchev–Trinajstić information content (AvgIpc) is 1.92. The lowest BCUT2D eigenvalue weighted by Gasteiger charge is -2.59. The zero-order chi connectivity index (χ0) is 9.31. The quantitative estimate of drug-likeness (QED) is 0.635. The second-order valence-electron chi connectivity index (χ2n) is 4.20. The molecule has 0 aromatic heterocycles. The first-order valence-electron chi connectivity index (χ1n) is 5.41. The van der Waals surface area contributed by atoms with Gasteiger partial charge in [-0.1, -0.05) is 13.8 Å². The molecule has 3 rings (SSSR count). The van der Waals surface area contributed by atoms with Gasteiger partial charge in [-0.2, -0.15) is 0 Å². The van der Waals surface area contributed by atoms with E-state index in [1.165, 1.54) is 26.2 Å². The van der Waals surface area contributed by atoms with Crippen LogP contribution in [0.1, 0.15) is 13.8 Å². The van der Waals surface area contributed by atoms with E-state index in [1.54, 1.807) is 0 Å². The van der Waals surface area contributed by atoms with Crippen LogP contribution in [0.4, 0.5) is 0 Å². The number of hydrogen-bond acceptors (Lipinski definition) is 3. The summed E-state index contributed by atoms with van der Waals surface area (Å²) in [5, 5.41) is 3.34. The van der Waals surface area contributed by atoms with Crippen LogP contribution < -0.4 is 5.32 Å². The average molecular weight is 184 g/mol. The molecule has 0 amide bonds. The molecular weight excluding hydrogens is 164 g/mol. The summed E-state index contributed by atoms with van der Waals surface area (Å²) in [5.74, 6) is 0. The van der Waals surface area contributed by atoms with Gasteiger partial charge in [0.25, 0.3) is 0 Å². The summed E-state index contributed by atoms with van der Waals surface area (Å²) in [6.45, 7) is 11.1. The smallest absolute Gasteiger partial charge is 0.0645 e. The molecule has 1 N–H and O–H groups in total. The van der Waals surface area contributed by atoms with Crippen molar-refractivity contribution in [2.75, 3.05) is 39.4 Å². The Morgan fingerprint density at radius 1 is 1.23 bits per heavy atom. The minimum Gasteiger partial charge on any atom is -0.378 e. The Morgan fingerprint density at radius 3 is 2.15 bits per heavy atom. The van der Waals surface area contributed by atoms with Crippen LogP contribution in [-0.4, -0.2) is 50.3 Å². The fourth-order valence-corrected chi connectivity index (χ4v) is 2.21. The van der Waals surface area contributed by atoms with E-state index in [0.717, 1.165) is 19.3 Å². The van der Waals surface area contributed by atoms with Crippen LogP contribution in [0.25, 0.3) is 0 Å². The van der Waals surface area contributed by atoms with Crippen molar-refractivity contribution in [3.63, 3.8) is 0 Å². The lowest BCUT2D eigenvalue weighted by Crippen LogP contribution is -2.74. The lowest BCUT2D eigenvalue weighted by atomic mass is 9.73. The fraction of sp³-hybridized carbons (Fsp3) is 1.00. The van der Waals surface area contributed by atoms with Gasteiger partial charge in [-0.25, -0.2) is 0 Å². The molecule has 0 unspecified atom stereocenters. The molecule has 0 saturated carbocycles. The first-order chi connectivity index (χ1) is 6.38. The molecule has 0 aliphatic carbocycles. The van der Waals surface area contributed by atoms with Gasteiger partial charge in [-0.3, -0.25) is 4.90 Å². The summed E-state index contributed by atoms with van der Waals surface area (Å²) in [6, 6.07) is 0.765. The van der Waals surface area contributed by atoms with Gasteiger partial charge in [0.15, 0.2) is 0 Å². The Labute approximate surface area is 80.4 Å². The summed E-state index contributed by atoms with van der Waals surface area (Å²) in [5.41, 5.74) is 0.690. The van der Waals surface area contributed by atoms with Crippen molar-refractivity contribution in [2.24, 2.45) is 5.41 Å². The molecule has 0 bridgehead atoms. The predicted octanol–water partition coefficient (Wildman–Crippen LogP) is 0.317. The molecule has 3 heterocycles. The molecule has 3 aliphatic rings. The van der Waals surface area contributed by atoms with E-state index in [1.807, 2.05) is 13.8 Å². The molecule has 3 heteroatoms. The standard InChI is InChI=1S/C8H14N2O.C2H6/c1-7(2-11-1)10-5-8(6-10)3-9-4-8;1-2/h7,9H,1-6H2;1-2H3. The summed E-state index contributed by atoms with van der Waals surface area (Å²) < 4.78 is 5.15. The van der Waals surface area contributed by atoms with Crippen molar-refractivity contribution in [3.8, 4) is 0 Å². The second-order valence-corrected chi connectivity index (χ2v) is 4.20. The van der Waals surface area contributed by atoms with E-state index >= 15 is 0 Å². The van der Waals surface area contributed by atoms with Crippen molar-refractivity contribution < 1.29 is 4.74 Å². The summed E-state index contributed by atoms with van der Waals surface area (Å²) in [6.07, 6.45) is 0. The third-order valence-corrected chi connectivity index (χ3v) is 3.21. The molecule has 0 aromatic rings. The number of likely N-dealkylation sites (tertiary alicyclic amines) is 1. The maximum atomic E-state index is 5.15. The third-order valence-electron chi connectivity index (χ3n) is 3.21. The monoisotopic (exact) mass is 184 g/mol. The van der Waals surface area contributed by atoms with Gasteiger partial charge in [-0.15, -0.1) is 0 Å². The largest absolute Gasteiger partial charge is 0.378 e. The van der Waals surface area contributed by atoms with Crippen LogP contribution in [-0.2, 0) is 4.74 Å². The van der Waals surface area contributed by atoms with Gasteiger partial charge in [0, 0.05) is 31.6 Å². The zero-order valence-electron chi connectivity index (χ0n) is 8.68. The molecule has 0 atom stereocenters. The van der Waals surface area contributed by atoms with Crippen molar-refractivity contribution in [3.05, 3.63) is 0 Å². The molecular formula is C10H20N2O. The van der Waals surface area contributed by atoms with Gasteiger partial charge >= 0.3 is 0 Å². The Bertz CT molecular complexity index is 168. The van der Waals surface area contributed by atoms with E-state index in [9.17, 15) is 0 Å². The highest BCUT2D eigenvalue weighted by atomic mass is 16.5. The lowest BCUT2D eigenvalue weighted by molar-refractivity contribution is -0.144. The Balaban J connectivity index is 0.000000308. The summed E-state index contributed by atoms with van der Waals surface area (Å²) in [4.78, 5) is 2.56. The number of nitrogens with zero attached hydrogens (tertiary/aromatic N) is 1. The van der Waals surface area contributed by atoms with Gasteiger partial charge in [0.05, 0.1) is 19.3 Å². The first-order valence-corrected chi connectivity index (χ1v) is 5.41. The highest BCUT2D eigenvalue weighted by molar-refractivity contribution is 5.06. The molecule has 3 nitrogen and oxygen atoms in total. The molecule has 3 aliphatic heterocycles. The fourth-order valence-electron chi connectivity index (χ4n) is 2.21. The molecule has 76 valence electrons. The van der Waals surface area contributed by atoms with Crippen molar-refractivity contribution >= 4 is 0 Å². The van der Waals surface area contributed by atoms with Crippen LogP contribution in [0.15, 0.2) is 0 Å². The van der Waals surface area contributed by atoms with E-state index in [2.05, 4.69) is 10.2 Å². The van der Waals surface area contributed by atoms with Gasteiger partial charge in [0.1, 0.15) is 0 Å². The third kappa shape index (κ3) is 1.49. The predicted molar refractivity (Wildman–Crippen MR) is 52.8 cm³/mol. The SMILES string of the molecule is C1OCC1N1CC2(CNC2)C1.CC. The van der Waals surface area contributed by atoms with Crippen LogP contribution in [0, 0.1) is 5.41 Å². The highest BCUT2D eigenvalue weighted by Crippen LogP contribution is 2.36. The number of ether oxygens (including phenoxy) is 1. The minimum atomic E-state index is 0.690. The van der Waals surface area contributed by atoms with Gasteiger partial charge in [-0.05, 0) is 0 Å². The van der Waals surface area contributed by atoms with Crippen molar-refractivity contribution in [2.45, 2.75) is 19.9 Å². The summed E-state index contributed by atoms with van der Waals surface area (Å²) in [7, 11) is 0. The molecule has 13 heavy (non-hydrogen) atoms. The first kappa shape index (κ1) is 9.44. The van der Waals surface area contributed by atoms with Crippen molar-refractivity contribution in [1.29, 1.82) is 0 Å². The maximum Gasteiger partial charge on any atom is 0.0645 e. The number of rotatable bonds is 1. The Hall–Kier alpha value is -0.120. The molecule has 0 radical (unpaired) electrons. The van der Waals surface area contributed by atoms with Crippen LogP contribution >= 0.6 is 0 Å². The van der Waals surface area contributed by atoms with E-state index in [4.69, 9.17) is 4.74 Å². The topological polar surface area (TPSA) is 24.5 Å². The van der Waals surface area contributed by atoms with Crippen LogP contribution in [0.5, 0.6) is 0 Å². The highest BCUT2D eigenvalue weighted by Gasteiger charge is 2.50. The van der Waals surface area contributed by atoms with E-state index in [0.29, 0.717) is 5.41 Å². The maximum absolute atomic E-state index is 5.15. The minimum absolute atomic E-state index is 0.690. The number of nitrogens with one attached hydrogen (secondary N) is 1. The van der Waals surface area contributed by atoms with Gasteiger partial charge < -0.3 is 10.1 Å². The van der Waals surface area contributed by atoms with Crippen LogP contribution in [0.2, 0.25) is 0 Å². The molecule has 0 aromatic carbocycles. The summed E-state index contributed by atoms with van der Waals surface area (Å²) >= 11 is 0. The molecule has 1 spiro atoms. The Kier molecular flexibility index (Phi) is 2.58. The van der Waals surface area contributed by atoms with Crippen LogP contribution in [0.3, 0.4) is 0 Å². The second kappa shape index (κ2) is 3.56. The van der Waals surface area contributed by atoms with E-state index < -0.39 is 0 Å². The van der Waals surface area contributed by atoms with Crippen molar-refractivity contribution in [1.82, 2.24) is 10.2 Å². The normalized spacial score (nSPS) is 30.9.